The molecule has 0 saturated carbocycles. The Morgan fingerprint density at radius 2 is 2.00 bits per heavy atom. The van der Waals surface area contributed by atoms with Crippen molar-refractivity contribution in [3.63, 3.8) is 0 Å². The third-order valence-corrected chi connectivity index (χ3v) is 4.10. The molecule has 1 aromatic heterocycles. The van der Waals surface area contributed by atoms with Crippen LogP contribution in [0.2, 0.25) is 5.15 Å². The molecule has 5 nitrogen and oxygen atoms in total. The fraction of sp³-hybridized carbons (Fsp3) is 0.375. The fourth-order valence-electron chi connectivity index (χ4n) is 2.05. The molecule has 3 N–H and O–H groups in total. The van der Waals surface area contributed by atoms with E-state index in [1.54, 1.807) is 18.5 Å². The molecule has 2 rings (SSSR count). The first kappa shape index (κ1) is 16.5. The molecule has 0 atom stereocenters. The summed E-state index contributed by atoms with van der Waals surface area (Å²) in [5.74, 6) is -0.405. The van der Waals surface area contributed by atoms with Crippen LogP contribution in [0.15, 0.2) is 30.3 Å². The summed E-state index contributed by atoms with van der Waals surface area (Å²) in [4.78, 5) is 11.4. The van der Waals surface area contributed by atoms with Crippen molar-refractivity contribution in [2.45, 2.75) is 39.4 Å². The topological polar surface area (TPSA) is 72.9 Å². The Hall–Kier alpha value is -1.85. The Morgan fingerprint density at radius 3 is 2.59 bits per heavy atom. The Kier molecular flexibility index (Phi) is 4.88. The van der Waals surface area contributed by atoms with E-state index in [1.807, 2.05) is 37.3 Å². The Balaban J connectivity index is 2.15. The number of hydrogen-bond acceptors (Lipinski definition) is 3. The Labute approximate surface area is 135 Å². The molecule has 0 unspecified atom stereocenters. The minimum Gasteiger partial charge on any atom is -0.368 e. The van der Waals surface area contributed by atoms with Crippen molar-refractivity contribution in [3.8, 4) is 0 Å². The Morgan fingerprint density at radius 1 is 1.36 bits per heavy atom. The molecule has 0 fully saturated rings. The number of nitrogens with zero attached hydrogens (tertiary/aromatic N) is 2. The zero-order valence-corrected chi connectivity index (χ0v) is 13.8. The molecule has 0 aliphatic rings. The van der Waals surface area contributed by atoms with E-state index in [2.05, 4.69) is 10.4 Å². The molecule has 0 aliphatic heterocycles. The van der Waals surface area contributed by atoms with Crippen molar-refractivity contribution in [1.29, 1.82) is 0 Å². The summed E-state index contributed by atoms with van der Waals surface area (Å²) in [6, 6.07) is 10.00. The van der Waals surface area contributed by atoms with E-state index in [9.17, 15) is 4.79 Å². The van der Waals surface area contributed by atoms with E-state index in [0.717, 1.165) is 16.8 Å². The molecule has 0 aliphatic carbocycles. The van der Waals surface area contributed by atoms with Gasteiger partial charge in [-0.1, -0.05) is 41.9 Å². The third kappa shape index (κ3) is 3.67. The van der Waals surface area contributed by atoms with Crippen LogP contribution in [0.4, 0.5) is 0 Å². The number of nitrogens with one attached hydrogen (secondary N) is 1. The fourth-order valence-corrected chi connectivity index (χ4v) is 2.35. The van der Waals surface area contributed by atoms with Gasteiger partial charge in [-0.3, -0.25) is 10.1 Å². The number of halogens is 1. The molecule has 0 radical (unpaired) electrons. The summed E-state index contributed by atoms with van der Waals surface area (Å²) in [6.45, 7) is 6.44. The van der Waals surface area contributed by atoms with Gasteiger partial charge in [-0.15, -0.1) is 0 Å². The smallest absolute Gasteiger partial charge is 0.237 e. The van der Waals surface area contributed by atoms with Crippen molar-refractivity contribution in [2.75, 3.05) is 0 Å². The van der Waals surface area contributed by atoms with Crippen LogP contribution in [0.5, 0.6) is 0 Å². The lowest BCUT2D eigenvalue weighted by molar-refractivity contribution is -0.123. The summed E-state index contributed by atoms with van der Waals surface area (Å²) in [6.07, 6.45) is 0. The third-order valence-electron chi connectivity index (χ3n) is 3.68. The van der Waals surface area contributed by atoms with Crippen molar-refractivity contribution in [1.82, 2.24) is 15.1 Å². The van der Waals surface area contributed by atoms with E-state index >= 15 is 0 Å². The Bertz CT molecular complexity index is 664. The van der Waals surface area contributed by atoms with Gasteiger partial charge in [-0.05, 0) is 26.3 Å². The van der Waals surface area contributed by atoms with Crippen LogP contribution in [0.3, 0.4) is 0 Å². The maximum atomic E-state index is 11.4. The van der Waals surface area contributed by atoms with Crippen molar-refractivity contribution >= 4 is 17.5 Å². The maximum absolute atomic E-state index is 11.4. The molecular formula is C16H21ClN4O. The normalized spacial score (nSPS) is 11.6. The number of hydrogen-bond donors (Lipinski definition) is 2. The first-order valence-corrected chi connectivity index (χ1v) is 7.49. The minimum atomic E-state index is -0.794. The number of rotatable bonds is 6. The molecule has 1 aromatic carbocycles. The van der Waals surface area contributed by atoms with Gasteiger partial charge < -0.3 is 5.73 Å². The molecule has 0 saturated heterocycles. The highest BCUT2D eigenvalue weighted by Gasteiger charge is 2.25. The second kappa shape index (κ2) is 6.50. The quantitative estimate of drug-likeness (QED) is 0.857. The standard InChI is InChI=1S/C16H21ClN4O/c1-11-13(9-19-16(2,3)15(18)22)14(17)21(20-11)10-12-7-5-4-6-8-12/h4-8,19H,9-10H2,1-3H3,(H2,18,22). The molecular weight excluding hydrogens is 300 g/mol. The van der Waals surface area contributed by atoms with E-state index in [4.69, 9.17) is 17.3 Å². The van der Waals surface area contributed by atoms with Gasteiger partial charge in [0.05, 0.1) is 17.8 Å². The van der Waals surface area contributed by atoms with Gasteiger partial charge in [-0.25, -0.2) is 4.68 Å². The number of amides is 1. The number of aryl methyl sites for hydroxylation is 1. The molecule has 0 bridgehead atoms. The number of benzene rings is 1. The predicted molar refractivity (Wildman–Crippen MR) is 87.6 cm³/mol. The van der Waals surface area contributed by atoms with Crippen LogP contribution in [-0.4, -0.2) is 21.2 Å². The summed E-state index contributed by atoms with van der Waals surface area (Å²) < 4.78 is 1.76. The van der Waals surface area contributed by atoms with Crippen molar-refractivity contribution in [3.05, 3.63) is 52.3 Å². The molecule has 22 heavy (non-hydrogen) atoms. The van der Waals surface area contributed by atoms with Gasteiger partial charge in [0.25, 0.3) is 0 Å². The van der Waals surface area contributed by atoms with Gasteiger partial charge in [0.15, 0.2) is 0 Å². The summed E-state index contributed by atoms with van der Waals surface area (Å²) in [5.41, 5.74) is 7.42. The average Bonchev–Trinajstić information content (AvgIpc) is 2.72. The van der Waals surface area contributed by atoms with E-state index in [-0.39, 0.29) is 0 Å². The van der Waals surface area contributed by atoms with Crippen molar-refractivity contribution < 1.29 is 4.79 Å². The maximum Gasteiger partial charge on any atom is 0.237 e. The lowest BCUT2D eigenvalue weighted by atomic mass is 10.0. The highest BCUT2D eigenvalue weighted by atomic mass is 35.5. The van der Waals surface area contributed by atoms with Gasteiger partial charge in [-0.2, -0.15) is 5.10 Å². The molecule has 2 aromatic rings. The van der Waals surface area contributed by atoms with Gasteiger partial charge >= 0.3 is 0 Å². The predicted octanol–water partition coefficient (Wildman–Crippen LogP) is 2.25. The molecule has 1 amide bonds. The SMILES string of the molecule is Cc1nn(Cc2ccccc2)c(Cl)c1CNC(C)(C)C(N)=O. The summed E-state index contributed by atoms with van der Waals surface area (Å²) >= 11 is 6.43. The second-order valence-electron chi connectivity index (χ2n) is 5.84. The van der Waals surface area contributed by atoms with Crippen LogP contribution in [0.25, 0.3) is 0 Å². The van der Waals surface area contributed by atoms with Crippen LogP contribution in [0, 0.1) is 6.92 Å². The number of carbonyl (C=O) groups is 1. The number of carbonyl (C=O) groups excluding carboxylic acids is 1. The largest absolute Gasteiger partial charge is 0.368 e. The molecule has 1 heterocycles. The van der Waals surface area contributed by atoms with Gasteiger partial charge in [0.2, 0.25) is 5.91 Å². The zero-order chi connectivity index (χ0) is 16.3. The summed E-state index contributed by atoms with van der Waals surface area (Å²) in [5, 5.41) is 8.18. The highest BCUT2D eigenvalue weighted by molar-refractivity contribution is 6.30. The number of aromatic nitrogens is 2. The zero-order valence-electron chi connectivity index (χ0n) is 13.1. The van der Waals surface area contributed by atoms with Gasteiger partial charge in [0, 0.05) is 12.1 Å². The van der Waals surface area contributed by atoms with E-state index in [1.165, 1.54) is 0 Å². The van der Waals surface area contributed by atoms with Crippen LogP contribution < -0.4 is 11.1 Å². The first-order chi connectivity index (χ1) is 10.3. The first-order valence-electron chi connectivity index (χ1n) is 7.12. The lowest BCUT2D eigenvalue weighted by Gasteiger charge is -2.22. The molecule has 0 spiro atoms. The molecule has 6 heteroatoms. The average molecular weight is 321 g/mol. The number of nitrogens with two attached hydrogens (primary N) is 1. The second-order valence-corrected chi connectivity index (χ2v) is 6.20. The number of primary amides is 1. The minimum absolute atomic E-state index is 0.405. The monoisotopic (exact) mass is 320 g/mol. The van der Waals surface area contributed by atoms with E-state index in [0.29, 0.717) is 18.2 Å². The van der Waals surface area contributed by atoms with Crippen molar-refractivity contribution in [2.24, 2.45) is 5.73 Å². The lowest BCUT2D eigenvalue weighted by Crippen LogP contribution is -2.50. The van der Waals surface area contributed by atoms with E-state index < -0.39 is 11.4 Å². The van der Waals surface area contributed by atoms with Crippen LogP contribution >= 0.6 is 11.6 Å². The highest BCUT2D eigenvalue weighted by Crippen LogP contribution is 2.21. The van der Waals surface area contributed by atoms with Crippen LogP contribution in [-0.2, 0) is 17.9 Å². The summed E-state index contributed by atoms with van der Waals surface area (Å²) in [7, 11) is 0. The molecule has 118 valence electrons. The van der Waals surface area contributed by atoms with Gasteiger partial charge in [0.1, 0.15) is 5.15 Å². The van der Waals surface area contributed by atoms with Crippen LogP contribution in [0.1, 0.15) is 30.7 Å².